The van der Waals surface area contributed by atoms with Crippen LogP contribution in [0.1, 0.15) is 34.3 Å². The molecule has 5 heteroatoms. The maximum atomic E-state index is 12.5. The van der Waals surface area contributed by atoms with E-state index in [9.17, 15) is 9.59 Å². The lowest BCUT2D eigenvalue weighted by molar-refractivity contribution is 0.102. The molecule has 0 aliphatic heterocycles. The molecule has 3 amide bonds. The number of urea groups is 1. The van der Waals surface area contributed by atoms with Gasteiger partial charge in [-0.1, -0.05) is 12.1 Å². The molecule has 0 saturated carbocycles. The molecule has 1 aliphatic rings. The van der Waals surface area contributed by atoms with Crippen LogP contribution in [0.3, 0.4) is 0 Å². The first-order valence-electron chi connectivity index (χ1n) is 8.84. The van der Waals surface area contributed by atoms with Gasteiger partial charge in [0.25, 0.3) is 5.91 Å². The van der Waals surface area contributed by atoms with Gasteiger partial charge in [0, 0.05) is 23.5 Å². The Morgan fingerprint density at radius 3 is 2.27 bits per heavy atom. The van der Waals surface area contributed by atoms with Gasteiger partial charge in [-0.2, -0.15) is 0 Å². The third-order valence-corrected chi connectivity index (χ3v) is 4.42. The van der Waals surface area contributed by atoms with Crippen molar-refractivity contribution in [3.8, 4) is 0 Å². The zero-order valence-electron chi connectivity index (χ0n) is 14.7. The molecule has 134 valence electrons. The lowest BCUT2D eigenvalue weighted by atomic mass is 9.90. The number of amides is 3. The second-order valence-corrected chi connectivity index (χ2v) is 6.35. The zero-order chi connectivity index (χ0) is 18.4. The number of rotatable bonds is 5. The molecule has 5 nitrogen and oxygen atoms in total. The Hall–Kier alpha value is -3.08. The van der Waals surface area contributed by atoms with Crippen molar-refractivity contribution in [2.24, 2.45) is 0 Å². The van der Waals surface area contributed by atoms with Crippen LogP contribution < -0.4 is 16.0 Å². The third-order valence-electron chi connectivity index (χ3n) is 4.42. The zero-order valence-corrected chi connectivity index (χ0v) is 14.7. The van der Waals surface area contributed by atoms with Gasteiger partial charge in [0.2, 0.25) is 0 Å². The van der Waals surface area contributed by atoms with Gasteiger partial charge in [0.1, 0.15) is 0 Å². The van der Waals surface area contributed by atoms with E-state index < -0.39 is 0 Å². The number of anilines is 2. The largest absolute Gasteiger partial charge is 0.334 e. The van der Waals surface area contributed by atoms with Crippen LogP contribution in [-0.4, -0.2) is 18.5 Å². The van der Waals surface area contributed by atoms with Crippen LogP contribution in [0.4, 0.5) is 16.2 Å². The second-order valence-electron chi connectivity index (χ2n) is 6.35. The van der Waals surface area contributed by atoms with Gasteiger partial charge in [-0.25, -0.2) is 4.79 Å². The monoisotopic (exact) mass is 349 g/mol. The molecule has 1 aliphatic carbocycles. The molecule has 3 N–H and O–H groups in total. The molecular weight excluding hydrogens is 326 g/mol. The van der Waals surface area contributed by atoms with Crippen molar-refractivity contribution in [1.29, 1.82) is 0 Å². The number of nitrogens with one attached hydrogen (secondary N) is 3. The van der Waals surface area contributed by atoms with Gasteiger partial charge < -0.3 is 16.0 Å². The van der Waals surface area contributed by atoms with Crippen molar-refractivity contribution >= 4 is 23.3 Å². The number of aryl methyl sites for hydroxylation is 2. The molecular formula is C21H23N3O2. The number of carbonyl (C=O) groups excluding carboxylic acids is 2. The number of fused-ring (bicyclic) bond motifs is 1. The van der Waals surface area contributed by atoms with Crippen LogP contribution in [0.5, 0.6) is 0 Å². The van der Waals surface area contributed by atoms with Gasteiger partial charge in [-0.3, -0.25) is 4.79 Å². The Morgan fingerprint density at radius 1 is 0.923 bits per heavy atom. The molecule has 0 atom stereocenters. The topological polar surface area (TPSA) is 70.2 Å². The second kappa shape index (κ2) is 8.34. The van der Waals surface area contributed by atoms with Crippen molar-refractivity contribution in [2.75, 3.05) is 17.2 Å². The van der Waals surface area contributed by atoms with Crippen LogP contribution in [0.2, 0.25) is 0 Å². The average molecular weight is 349 g/mol. The molecule has 0 fully saturated rings. The van der Waals surface area contributed by atoms with E-state index in [1.54, 1.807) is 30.3 Å². The average Bonchev–Trinajstić information content (AvgIpc) is 2.67. The summed E-state index contributed by atoms with van der Waals surface area (Å²) in [5, 5.41) is 8.25. The summed E-state index contributed by atoms with van der Waals surface area (Å²) in [4.78, 5) is 24.1. The fourth-order valence-electron chi connectivity index (χ4n) is 3.05. The minimum absolute atomic E-state index is 0.122. The van der Waals surface area contributed by atoms with Gasteiger partial charge in [-0.05, 0) is 73.2 Å². The van der Waals surface area contributed by atoms with Crippen molar-refractivity contribution in [3.05, 3.63) is 71.8 Å². The summed E-state index contributed by atoms with van der Waals surface area (Å²) >= 11 is 0. The van der Waals surface area contributed by atoms with Crippen molar-refractivity contribution < 1.29 is 9.59 Å². The summed E-state index contributed by atoms with van der Waals surface area (Å²) in [6.45, 7) is 3.95. The van der Waals surface area contributed by atoms with E-state index in [2.05, 4.69) is 28.6 Å². The van der Waals surface area contributed by atoms with E-state index >= 15 is 0 Å². The quantitative estimate of drug-likeness (QED) is 0.711. The highest BCUT2D eigenvalue weighted by Gasteiger charge is 2.13. The van der Waals surface area contributed by atoms with Gasteiger partial charge in [0.05, 0.1) is 0 Å². The maximum absolute atomic E-state index is 12.5. The van der Waals surface area contributed by atoms with Crippen LogP contribution in [0, 0.1) is 0 Å². The highest BCUT2D eigenvalue weighted by molar-refractivity contribution is 6.04. The smallest absolute Gasteiger partial charge is 0.319 e. The Kier molecular flexibility index (Phi) is 5.69. The molecule has 0 saturated heterocycles. The fraction of sp³-hybridized carbons (Fsp3) is 0.238. The molecule has 2 aromatic carbocycles. The van der Waals surface area contributed by atoms with Gasteiger partial charge in [0.15, 0.2) is 0 Å². The van der Waals surface area contributed by atoms with Crippen LogP contribution in [-0.2, 0) is 12.8 Å². The van der Waals surface area contributed by atoms with E-state index in [1.165, 1.54) is 24.0 Å². The molecule has 0 radical (unpaired) electrons. The predicted molar refractivity (Wildman–Crippen MR) is 105 cm³/mol. The van der Waals surface area contributed by atoms with E-state index in [0.717, 1.165) is 12.8 Å². The number of benzene rings is 2. The SMILES string of the molecule is C=CCNC(=O)Nc1ccc(NC(=O)c2ccc3c(c2)CCCC3)cc1. The van der Waals surface area contributed by atoms with Crippen molar-refractivity contribution in [3.63, 3.8) is 0 Å². The van der Waals surface area contributed by atoms with Crippen molar-refractivity contribution in [1.82, 2.24) is 5.32 Å². The van der Waals surface area contributed by atoms with Crippen LogP contribution in [0.25, 0.3) is 0 Å². The normalized spacial score (nSPS) is 12.6. The first-order chi connectivity index (χ1) is 12.7. The highest BCUT2D eigenvalue weighted by atomic mass is 16.2. The standard InChI is InChI=1S/C21H23N3O2/c1-2-13-22-21(26)24-19-11-9-18(10-12-19)23-20(25)17-8-7-15-5-3-4-6-16(15)14-17/h2,7-12,14H,1,3-6,13H2,(H,23,25)(H2,22,24,26). The maximum Gasteiger partial charge on any atom is 0.319 e. The predicted octanol–water partition coefficient (Wildman–Crippen LogP) is 4.13. The Balaban J connectivity index is 1.61. The number of hydrogen-bond acceptors (Lipinski definition) is 2. The molecule has 2 aromatic rings. The molecule has 0 spiro atoms. The van der Waals surface area contributed by atoms with E-state index in [4.69, 9.17) is 0 Å². The fourth-order valence-corrected chi connectivity index (χ4v) is 3.05. The lowest BCUT2D eigenvalue weighted by Crippen LogP contribution is -2.28. The summed E-state index contributed by atoms with van der Waals surface area (Å²) in [6, 6.07) is 12.7. The molecule has 0 unspecified atom stereocenters. The summed E-state index contributed by atoms with van der Waals surface area (Å²) in [5.74, 6) is -0.122. The number of carbonyl (C=O) groups is 2. The van der Waals surface area contributed by atoms with Crippen LogP contribution >= 0.6 is 0 Å². The van der Waals surface area contributed by atoms with Gasteiger partial charge >= 0.3 is 6.03 Å². The Labute approximate surface area is 153 Å². The minimum Gasteiger partial charge on any atom is -0.334 e. The van der Waals surface area contributed by atoms with Crippen molar-refractivity contribution in [2.45, 2.75) is 25.7 Å². The lowest BCUT2D eigenvalue weighted by Gasteiger charge is -2.16. The van der Waals surface area contributed by atoms with Gasteiger partial charge in [-0.15, -0.1) is 6.58 Å². The summed E-state index contributed by atoms with van der Waals surface area (Å²) in [5.41, 5.74) is 4.66. The minimum atomic E-state index is -0.296. The van der Waals surface area contributed by atoms with E-state index in [0.29, 0.717) is 23.5 Å². The van der Waals surface area contributed by atoms with E-state index in [-0.39, 0.29) is 11.9 Å². The third kappa shape index (κ3) is 4.51. The summed E-state index contributed by atoms with van der Waals surface area (Å²) < 4.78 is 0. The first-order valence-corrected chi connectivity index (χ1v) is 8.84. The summed E-state index contributed by atoms with van der Waals surface area (Å²) in [7, 11) is 0. The molecule has 0 bridgehead atoms. The Morgan fingerprint density at radius 2 is 1.58 bits per heavy atom. The first kappa shape index (κ1) is 17.7. The molecule has 0 heterocycles. The number of hydrogen-bond donors (Lipinski definition) is 3. The van der Waals surface area contributed by atoms with E-state index in [1.807, 2.05) is 12.1 Å². The summed E-state index contributed by atoms with van der Waals surface area (Å²) in [6.07, 6.45) is 6.17. The molecule has 0 aromatic heterocycles. The Bertz CT molecular complexity index is 813. The van der Waals surface area contributed by atoms with Crippen LogP contribution in [0.15, 0.2) is 55.1 Å². The highest BCUT2D eigenvalue weighted by Crippen LogP contribution is 2.23. The molecule has 3 rings (SSSR count). The molecule has 26 heavy (non-hydrogen) atoms.